The lowest BCUT2D eigenvalue weighted by Gasteiger charge is -2.58. The molecule has 2 saturated heterocycles. The zero-order valence-electron chi connectivity index (χ0n) is 19.6. The van der Waals surface area contributed by atoms with Gasteiger partial charge in [0.25, 0.3) is 0 Å². The van der Waals surface area contributed by atoms with Gasteiger partial charge in [-0.05, 0) is 25.0 Å². The van der Waals surface area contributed by atoms with E-state index in [0.29, 0.717) is 0 Å². The zero-order valence-corrected chi connectivity index (χ0v) is 19.6. The van der Waals surface area contributed by atoms with E-state index in [4.69, 9.17) is 9.47 Å². The van der Waals surface area contributed by atoms with Crippen LogP contribution in [-0.2, 0) is 42.9 Å². The van der Waals surface area contributed by atoms with Gasteiger partial charge in [-0.1, -0.05) is 6.92 Å². The van der Waals surface area contributed by atoms with Gasteiger partial charge in [0.2, 0.25) is 0 Å². The van der Waals surface area contributed by atoms with Gasteiger partial charge in [-0.2, -0.15) is 39.5 Å². The Morgan fingerprint density at radius 3 is 1.95 bits per heavy atom. The maximum Gasteiger partial charge on any atom is 0.490 e. The molecule has 2 heterocycles. The molecule has 18 heteroatoms. The molecule has 4 rings (SSSR count). The monoisotopic (exact) mass is 584 g/mol. The van der Waals surface area contributed by atoms with Crippen molar-refractivity contribution in [1.29, 1.82) is 0 Å². The topological polar surface area (TPSA) is 118 Å². The second kappa shape index (κ2) is 8.55. The Hall–Kier alpha value is -2.89. The molecular weight excluding hydrogens is 567 g/mol. The number of ether oxygens (including phenoxy) is 5. The first kappa shape index (κ1) is 29.1. The molecule has 39 heavy (non-hydrogen) atoms. The Kier molecular flexibility index (Phi) is 6.38. The lowest BCUT2D eigenvalue weighted by atomic mass is 9.50. The first-order valence-corrected chi connectivity index (χ1v) is 10.9. The van der Waals surface area contributed by atoms with Crippen molar-refractivity contribution < 1.29 is 82.4 Å². The van der Waals surface area contributed by atoms with Gasteiger partial charge in [0.15, 0.2) is 11.9 Å². The van der Waals surface area contributed by atoms with Crippen LogP contribution in [-0.4, -0.2) is 85.5 Å². The fourth-order valence-corrected chi connectivity index (χ4v) is 5.83. The minimum Gasteiger partial charge on any atom is -0.458 e. The van der Waals surface area contributed by atoms with Crippen LogP contribution in [0.2, 0.25) is 0 Å². The molecule has 2 aliphatic carbocycles. The Labute approximate surface area is 211 Å². The summed E-state index contributed by atoms with van der Waals surface area (Å²) in [4.78, 5) is 48.2. The van der Waals surface area contributed by atoms with E-state index in [2.05, 4.69) is 14.2 Å². The second-order valence-electron chi connectivity index (χ2n) is 9.74. The number of ketones is 1. The molecule has 1 saturated carbocycles. The molecule has 0 aromatic carbocycles. The van der Waals surface area contributed by atoms with Crippen LogP contribution in [0.3, 0.4) is 0 Å². The molecule has 1 spiro atoms. The SMILES string of the molecule is CC1=C[C@H]2O[C@@H]3[C@H](OC(=O)C(F)(F)F)C[C@@](C)(C34CO4)[C@@]2(COC(=O)C(F)(F)F)[C@H](OC(=O)C(F)(F)F)C1=O. The van der Waals surface area contributed by atoms with Crippen molar-refractivity contribution in [1.82, 2.24) is 0 Å². The average Bonchev–Trinajstić information content (AvgIpc) is 3.55. The van der Waals surface area contributed by atoms with E-state index in [1.54, 1.807) is 0 Å². The highest BCUT2D eigenvalue weighted by Crippen LogP contribution is 2.72. The van der Waals surface area contributed by atoms with E-state index in [-0.39, 0.29) is 5.57 Å². The van der Waals surface area contributed by atoms with E-state index in [1.165, 1.54) is 0 Å². The van der Waals surface area contributed by atoms with Crippen LogP contribution in [0.15, 0.2) is 11.6 Å². The first-order chi connectivity index (χ1) is 17.6. The molecular formula is C21H17F9O9. The smallest absolute Gasteiger partial charge is 0.458 e. The summed E-state index contributed by atoms with van der Waals surface area (Å²) in [6.07, 6.45) is -24.4. The molecule has 0 aromatic heterocycles. The number of hydrogen-bond acceptors (Lipinski definition) is 9. The zero-order chi connectivity index (χ0) is 29.6. The molecule has 4 aliphatic rings. The molecule has 7 atom stereocenters. The van der Waals surface area contributed by atoms with Gasteiger partial charge in [-0.3, -0.25) is 4.79 Å². The van der Waals surface area contributed by atoms with Crippen LogP contribution in [0.5, 0.6) is 0 Å². The number of carbonyl (C=O) groups excluding carboxylic acids is 4. The standard InChI is InChI=1S/C21H17F9O9/c1-7-3-9-17(5-35-13(32)19(22,23)24,12(10(7)31)39-15(34)21(28,29)30)16(2)4-8(37-14(33)20(25,26)27)11(38-9)18(16)6-36-18/h3,8-9,11-12H,4-6H2,1-2H3/t8-,9-,11-,12-,16-,17-,18?/m1/s1. The van der Waals surface area contributed by atoms with E-state index in [9.17, 15) is 58.7 Å². The quantitative estimate of drug-likeness (QED) is 0.213. The number of Topliss-reactive ketones (excluding diaryl/α,β-unsaturated/α-hetero) is 1. The van der Waals surface area contributed by atoms with Gasteiger partial charge >= 0.3 is 36.4 Å². The van der Waals surface area contributed by atoms with Crippen molar-refractivity contribution in [3.63, 3.8) is 0 Å². The lowest BCUT2D eigenvalue weighted by molar-refractivity contribution is -0.266. The van der Waals surface area contributed by atoms with Crippen LogP contribution in [0.1, 0.15) is 20.3 Å². The average molecular weight is 584 g/mol. The molecule has 3 fully saturated rings. The molecule has 2 bridgehead atoms. The maximum atomic E-state index is 13.2. The number of hydrogen-bond donors (Lipinski definition) is 0. The summed E-state index contributed by atoms with van der Waals surface area (Å²) in [6, 6.07) is 0. The van der Waals surface area contributed by atoms with Crippen molar-refractivity contribution in [2.45, 2.75) is 68.8 Å². The number of epoxide rings is 1. The Balaban J connectivity index is 1.87. The van der Waals surface area contributed by atoms with Gasteiger partial charge in [0.1, 0.15) is 24.4 Å². The number of carbonyl (C=O) groups is 4. The van der Waals surface area contributed by atoms with Crippen LogP contribution < -0.4 is 0 Å². The highest BCUT2D eigenvalue weighted by molar-refractivity contribution is 6.01. The molecule has 9 nitrogen and oxygen atoms in total. The molecule has 1 unspecified atom stereocenters. The number of rotatable bonds is 4. The summed E-state index contributed by atoms with van der Waals surface area (Å²) in [5.41, 5.74) is -6.82. The van der Waals surface area contributed by atoms with Crippen molar-refractivity contribution in [3.8, 4) is 0 Å². The van der Waals surface area contributed by atoms with Gasteiger partial charge in [0, 0.05) is 5.41 Å². The number of fused-ring (bicyclic) bond motifs is 2. The van der Waals surface area contributed by atoms with Crippen LogP contribution in [0.25, 0.3) is 0 Å². The third kappa shape index (κ3) is 4.25. The summed E-state index contributed by atoms with van der Waals surface area (Å²) in [7, 11) is 0. The Morgan fingerprint density at radius 2 is 1.46 bits per heavy atom. The molecule has 0 amide bonds. The Bertz CT molecular complexity index is 1140. The second-order valence-corrected chi connectivity index (χ2v) is 9.74. The van der Waals surface area contributed by atoms with Gasteiger partial charge in [0.05, 0.1) is 18.1 Å². The minimum absolute atomic E-state index is 0.378. The van der Waals surface area contributed by atoms with Crippen molar-refractivity contribution >= 4 is 23.7 Å². The van der Waals surface area contributed by atoms with Crippen molar-refractivity contribution in [2.75, 3.05) is 13.2 Å². The largest absolute Gasteiger partial charge is 0.490 e. The predicted molar refractivity (Wildman–Crippen MR) is 100 cm³/mol. The van der Waals surface area contributed by atoms with E-state index < -0.39 is 103 Å². The molecule has 2 aliphatic heterocycles. The van der Waals surface area contributed by atoms with Gasteiger partial charge < -0.3 is 23.7 Å². The van der Waals surface area contributed by atoms with Crippen LogP contribution in [0.4, 0.5) is 39.5 Å². The molecule has 0 radical (unpaired) electrons. The van der Waals surface area contributed by atoms with E-state index in [0.717, 1.165) is 19.9 Å². The molecule has 0 N–H and O–H groups in total. The third-order valence-electron chi connectivity index (χ3n) is 7.74. The van der Waals surface area contributed by atoms with Crippen molar-refractivity contribution in [2.24, 2.45) is 10.8 Å². The fraction of sp³-hybridized carbons (Fsp3) is 0.714. The summed E-state index contributed by atoms with van der Waals surface area (Å²) < 4.78 is 142. The van der Waals surface area contributed by atoms with E-state index in [1.807, 2.05) is 0 Å². The van der Waals surface area contributed by atoms with Gasteiger partial charge in [-0.25, -0.2) is 14.4 Å². The normalized spacial score (nSPS) is 37.6. The first-order valence-electron chi connectivity index (χ1n) is 10.9. The fourth-order valence-electron chi connectivity index (χ4n) is 5.83. The maximum absolute atomic E-state index is 13.2. The Morgan fingerprint density at radius 1 is 0.949 bits per heavy atom. The predicted octanol–water partition coefficient (Wildman–Crippen LogP) is 2.50. The third-order valence-corrected chi connectivity index (χ3v) is 7.74. The lowest BCUT2D eigenvalue weighted by Crippen LogP contribution is -2.71. The number of alkyl halides is 9. The van der Waals surface area contributed by atoms with Crippen LogP contribution >= 0.6 is 0 Å². The highest BCUT2D eigenvalue weighted by atomic mass is 19.4. The summed E-state index contributed by atoms with van der Waals surface area (Å²) in [5.74, 6) is -9.76. The summed E-state index contributed by atoms with van der Waals surface area (Å²) >= 11 is 0. The molecule has 218 valence electrons. The van der Waals surface area contributed by atoms with E-state index >= 15 is 0 Å². The number of halogens is 9. The minimum atomic E-state index is -5.69. The van der Waals surface area contributed by atoms with Gasteiger partial charge in [-0.15, -0.1) is 0 Å². The number of esters is 3. The highest BCUT2D eigenvalue weighted by Gasteiger charge is 2.85. The summed E-state index contributed by atoms with van der Waals surface area (Å²) in [6.45, 7) is 0.207. The molecule has 0 aromatic rings. The van der Waals surface area contributed by atoms with Crippen LogP contribution in [0, 0.1) is 10.8 Å². The summed E-state index contributed by atoms with van der Waals surface area (Å²) in [5, 5.41) is 0. The van der Waals surface area contributed by atoms with Crippen molar-refractivity contribution in [3.05, 3.63) is 11.6 Å².